The van der Waals surface area contributed by atoms with E-state index in [1.165, 1.54) is 25.0 Å². The molecule has 0 unspecified atom stereocenters. The highest BCUT2D eigenvalue weighted by Gasteiger charge is 2.08. The third kappa shape index (κ3) is 6.22. The monoisotopic (exact) mass is 427 g/mol. The minimum Gasteiger partial charge on any atom is -0.486 e. The molecule has 0 radical (unpaired) electrons. The average Bonchev–Trinajstić information content (AvgIpc) is 3.29. The van der Waals surface area contributed by atoms with Crippen LogP contribution in [-0.4, -0.2) is 20.9 Å². The maximum atomic E-state index is 12.9. The zero-order chi connectivity index (χ0) is 18.2. The van der Waals surface area contributed by atoms with Crippen LogP contribution < -0.4 is 4.74 Å². The molecule has 0 saturated carbocycles. The molecular weight excluding hydrogens is 409 g/mol. The number of benzene rings is 1. The van der Waals surface area contributed by atoms with E-state index in [1.54, 1.807) is 58.3 Å². The standard InChI is InChI=1S/C17H18FN3OS4/c1-2-3-8-23-16-20-21-17(26-16)25-11-13-10-24-15(19-13)9-22-14-6-4-12(18)5-7-14/h4-7,10H,2-3,8-9,11H2,1H3. The van der Waals surface area contributed by atoms with Gasteiger partial charge in [-0.1, -0.05) is 48.2 Å². The van der Waals surface area contributed by atoms with Crippen molar-refractivity contribution in [2.75, 3.05) is 5.75 Å². The molecule has 0 aliphatic carbocycles. The average molecular weight is 428 g/mol. The number of aromatic nitrogens is 3. The summed E-state index contributed by atoms with van der Waals surface area (Å²) in [6.07, 6.45) is 2.40. The molecule has 26 heavy (non-hydrogen) atoms. The largest absolute Gasteiger partial charge is 0.486 e. The fourth-order valence-corrected chi connectivity index (χ4v) is 5.79. The first kappa shape index (κ1) is 19.6. The van der Waals surface area contributed by atoms with Crippen molar-refractivity contribution in [1.29, 1.82) is 0 Å². The molecular formula is C17H18FN3OS4. The van der Waals surface area contributed by atoms with Gasteiger partial charge < -0.3 is 4.74 Å². The molecule has 9 heteroatoms. The van der Waals surface area contributed by atoms with Crippen LogP contribution in [0.4, 0.5) is 4.39 Å². The third-order valence-corrected chi connectivity index (χ3v) is 7.41. The van der Waals surface area contributed by atoms with Gasteiger partial charge in [0.2, 0.25) is 0 Å². The zero-order valence-electron chi connectivity index (χ0n) is 14.2. The lowest BCUT2D eigenvalue weighted by molar-refractivity contribution is 0.305. The highest BCUT2D eigenvalue weighted by atomic mass is 32.2. The summed E-state index contributed by atoms with van der Waals surface area (Å²) >= 11 is 6.64. The number of thioether (sulfide) groups is 2. The second-order valence-corrected chi connectivity index (χ2v) is 9.78. The first-order valence-electron chi connectivity index (χ1n) is 8.13. The molecule has 3 rings (SSSR count). The maximum Gasteiger partial charge on any atom is 0.175 e. The lowest BCUT2D eigenvalue weighted by Gasteiger charge is -2.03. The van der Waals surface area contributed by atoms with Gasteiger partial charge in [-0.2, -0.15) is 0 Å². The normalized spacial score (nSPS) is 11.0. The van der Waals surface area contributed by atoms with Gasteiger partial charge in [0.15, 0.2) is 8.68 Å². The van der Waals surface area contributed by atoms with Gasteiger partial charge in [-0.15, -0.1) is 21.5 Å². The predicted octanol–water partition coefficient (Wildman–Crippen LogP) is 5.90. The van der Waals surface area contributed by atoms with Crippen LogP contribution >= 0.6 is 46.2 Å². The van der Waals surface area contributed by atoms with E-state index in [0.717, 1.165) is 30.9 Å². The second-order valence-electron chi connectivity index (χ2n) is 5.30. The lowest BCUT2D eigenvalue weighted by atomic mass is 10.3. The molecule has 0 atom stereocenters. The first-order valence-corrected chi connectivity index (χ1v) is 11.8. The van der Waals surface area contributed by atoms with Gasteiger partial charge in [-0.25, -0.2) is 9.37 Å². The van der Waals surface area contributed by atoms with E-state index in [4.69, 9.17) is 4.74 Å². The Labute approximate surface area is 168 Å². The van der Waals surface area contributed by atoms with Crippen molar-refractivity contribution in [2.24, 2.45) is 0 Å². The van der Waals surface area contributed by atoms with E-state index in [9.17, 15) is 4.39 Å². The number of rotatable bonds is 10. The highest BCUT2D eigenvalue weighted by Crippen LogP contribution is 2.31. The van der Waals surface area contributed by atoms with Gasteiger partial charge in [0.25, 0.3) is 0 Å². The molecule has 2 heterocycles. The van der Waals surface area contributed by atoms with E-state index in [2.05, 4.69) is 22.1 Å². The van der Waals surface area contributed by atoms with Crippen LogP contribution in [0.1, 0.15) is 30.5 Å². The van der Waals surface area contributed by atoms with Gasteiger partial charge in [-0.3, -0.25) is 0 Å². The number of ether oxygens (including phenoxy) is 1. The van der Waals surface area contributed by atoms with Gasteiger partial charge in [0.05, 0.1) is 5.69 Å². The van der Waals surface area contributed by atoms with Crippen LogP contribution in [0.2, 0.25) is 0 Å². The number of nitrogens with zero attached hydrogens (tertiary/aromatic N) is 3. The van der Waals surface area contributed by atoms with Crippen LogP contribution in [0.25, 0.3) is 0 Å². The number of hydrogen-bond donors (Lipinski definition) is 0. The molecule has 3 aromatic rings. The maximum absolute atomic E-state index is 12.9. The topological polar surface area (TPSA) is 47.9 Å². The van der Waals surface area contributed by atoms with Crippen LogP contribution in [0.15, 0.2) is 38.3 Å². The molecule has 2 aromatic heterocycles. The lowest BCUT2D eigenvalue weighted by Crippen LogP contribution is -1.95. The Morgan fingerprint density at radius 1 is 1.12 bits per heavy atom. The van der Waals surface area contributed by atoms with Gasteiger partial charge in [0.1, 0.15) is 23.2 Å². The molecule has 0 N–H and O–H groups in total. The summed E-state index contributed by atoms with van der Waals surface area (Å²) in [6.45, 7) is 2.58. The summed E-state index contributed by atoms with van der Waals surface area (Å²) in [7, 11) is 0. The van der Waals surface area contributed by atoms with Crippen molar-refractivity contribution >= 4 is 46.2 Å². The molecule has 1 aromatic carbocycles. The summed E-state index contributed by atoms with van der Waals surface area (Å²) < 4.78 is 20.5. The first-order chi connectivity index (χ1) is 12.7. The van der Waals surface area contributed by atoms with Crippen molar-refractivity contribution in [3.8, 4) is 5.75 Å². The van der Waals surface area contributed by atoms with Crippen molar-refractivity contribution in [2.45, 2.75) is 40.8 Å². The van der Waals surface area contributed by atoms with Crippen molar-refractivity contribution in [1.82, 2.24) is 15.2 Å². The SMILES string of the molecule is CCCCSc1nnc(SCc2csc(COc3ccc(F)cc3)n2)s1. The molecule has 0 spiro atoms. The van der Waals surface area contributed by atoms with Crippen LogP contribution in [0.3, 0.4) is 0 Å². The van der Waals surface area contributed by atoms with E-state index < -0.39 is 0 Å². The molecule has 0 fully saturated rings. The summed E-state index contributed by atoms with van der Waals surface area (Å²) in [5.41, 5.74) is 1.01. The summed E-state index contributed by atoms with van der Waals surface area (Å²) in [5, 5.41) is 11.4. The summed E-state index contributed by atoms with van der Waals surface area (Å²) in [6, 6.07) is 6.00. The fraction of sp³-hybridized carbons (Fsp3) is 0.353. The number of hydrogen-bond acceptors (Lipinski definition) is 8. The molecule has 0 saturated heterocycles. The fourth-order valence-electron chi connectivity index (χ4n) is 1.91. The van der Waals surface area contributed by atoms with E-state index in [-0.39, 0.29) is 5.82 Å². The number of thiazole rings is 1. The summed E-state index contributed by atoms with van der Waals surface area (Å²) in [5.74, 6) is 2.23. The number of unbranched alkanes of at least 4 members (excludes halogenated alkanes) is 1. The molecule has 0 aliphatic rings. The molecule has 0 amide bonds. The summed E-state index contributed by atoms with van der Waals surface area (Å²) in [4.78, 5) is 4.58. The number of halogens is 1. The predicted molar refractivity (Wildman–Crippen MR) is 108 cm³/mol. The van der Waals surface area contributed by atoms with E-state index in [1.807, 2.05) is 5.38 Å². The van der Waals surface area contributed by atoms with Crippen LogP contribution in [0, 0.1) is 5.82 Å². The Morgan fingerprint density at radius 2 is 1.88 bits per heavy atom. The Kier molecular flexibility index (Phi) is 7.72. The molecule has 138 valence electrons. The van der Waals surface area contributed by atoms with Gasteiger partial charge in [0, 0.05) is 16.9 Å². The second kappa shape index (κ2) is 10.2. The quantitative estimate of drug-likeness (QED) is 0.297. The zero-order valence-corrected chi connectivity index (χ0v) is 17.4. The van der Waals surface area contributed by atoms with Crippen molar-refractivity contribution < 1.29 is 9.13 Å². The smallest absolute Gasteiger partial charge is 0.175 e. The van der Waals surface area contributed by atoms with E-state index >= 15 is 0 Å². The van der Waals surface area contributed by atoms with Gasteiger partial charge >= 0.3 is 0 Å². The third-order valence-electron chi connectivity index (χ3n) is 3.23. The molecule has 0 bridgehead atoms. The Morgan fingerprint density at radius 3 is 2.65 bits per heavy atom. The van der Waals surface area contributed by atoms with Crippen molar-refractivity contribution in [3.05, 3.63) is 46.2 Å². The van der Waals surface area contributed by atoms with Crippen LogP contribution in [0.5, 0.6) is 5.75 Å². The highest BCUT2D eigenvalue weighted by molar-refractivity contribution is 8.02. The van der Waals surface area contributed by atoms with Crippen LogP contribution in [-0.2, 0) is 12.4 Å². The van der Waals surface area contributed by atoms with E-state index in [0.29, 0.717) is 12.4 Å². The van der Waals surface area contributed by atoms with Gasteiger partial charge in [-0.05, 0) is 30.7 Å². The van der Waals surface area contributed by atoms with Crippen molar-refractivity contribution in [3.63, 3.8) is 0 Å². The Balaban J connectivity index is 1.44. The minimum absolute atomic E-state index is 0.269. The Bertz CT molecular complexity index is 806. The molecule has 0 aliphatic heterocycles. The minimum atomic E-state index is -0.269. The Hall–Kier alpha value is -1.16. The molecule has 4 nitrogen and oxygen atoms in total.